The first-order chi connectivity index (χ1) is 12.5. The largest absolute Gasteiger partial charge is 0.494 e. The Balaban J connectivity index is 1.85. The third-order valence-corrected chi connectivity index (χ3v) is 5.00. The monoisotopic (exact) mass is 352 g/mol. The van der Waals surface area contributed by atoms with E-state index in [1.807, 2.05) is 32.0 Å². The lowest BCUT2D eigenvalue weighted by molar-refractivity contribution is 0.186. The summed E-state index contributed by atoms with van der Waals surface area (Å²) in [7, 11) is 0. The predicted molar refractivity (Wildman–Crippen MR) is 99.0 cm³/mol. The molecule has 1 aromatic heterocycles. The van der Waals surface area contributed by atoms with Gasteiger partial charge in [0.2, 0.25) is 0 Å². The summed E-state index contributed by atoms with van der Waals surface area (Å²) in [6, 6.07) is 10.4. The molecule has 0 unspecified atom stereocenters. The molecule has 0 spiro atoms. The van der Waals surface area contributed by atoms with Gasteiger partial charge in [-0.15, -0.1) is 0 Å². The van der Waals surface area contributed by atoms with Crippen LogP contribution in [0.3, 0.4) is 0 Å². The topological polar surface area (TPSA) is 71.2 Å². The number of nitriles is 1. The second-order valence-corrected chi connectivity index (χ2v) is 6.62. The van der Waals surface area contributed by atoms with Gasteiger partial charge in [0, 0.05) is 12.6 Å². The Kier molecular flexibility index (Phi) is 5.38. The zero-order chi connectivity index (χ0) is 18.7. The van der Waals surface area contributed by atoms with Gasteiger partial charge in [-0.1, -0.05) is 12.1 Å². The lowest BCUT2D eigenvalue weighted by Gasteiger charge is -2.25. The van der Waals surface area contributed by atoms with E-state index in [0.29, 0.717) is 18.8 Å². The molecule has 0 aliphatic carbocycles. The van der Waals surface area contributed by atoms with Crippen LogP contribution in [0.1, 0.15) is 48.2 Å². The summed E-state index contributed by atoms with van der Waals surface area (Å²) in [5, 5.41) is 13.7. The van der Waals surface area contributed by atoms with Gasteiger partial charge in [0.25, 0.3) is 5.56 Å². The predicted octanol–water partition coefficient (Wildman–Crippen LogP) is 2.93. The summed E-state index contributed by atoms with van der Waals surface area (Å²) in [4.78, 5) is 14.8. The molecule has 1 aliphatic rings. The minimum Gasteiger partial charge on any atom is -0.494 e. The van der Waals surface area contributed by atoms with Gasteiger partial charge in [-0.25, -0.2) is 4.68 Å². The van der Waals surface area contributed by atoms with E-state index in [2.05, 4.69) is 22.1 Å². The van der Waals surface area contributed by atoms with Gasteiger partial charge in [0.05, 0.1) is 19.0 Å². The Bertz CT molecular complexity index is 880. The summed E-state index contributed by atoms with van der Waals surface area (Å²) < 4.78 is 6.94. The van der Waals surface area contributed by atoms with Crippen molar-refractivity contribution < 1.29 is 4.74 Å². The smallest absolute Gasteiger partial charge is 0.286 e. The maximum atomic E-state index is 12.6. The lowest BCUT2D eigenvalue weighted by atomic mass is 10.0. The highest BCUT2D eigenvalue weighted by atomic mass is 16.5. The zero-order valence-corrected chi connectivity index (χ0v) is 15.5. The standard InChI is InChI=1S/C20H24N4O2/c1-4-26-17-9-7-16(8-10-17)19-6-5-11-23(19)13-24-20(25)18(12-21)14(2)15(3)22-24/h7-10,19H,4-6,11,13H2,1-3H3/t19-/m1/s1. The molecule has 6 nitrogen and oxygen atoms in total. The van der Waals surface area contributed by atoms with Gasteiger partial charge < -0.3 is 4.74 Å². The minimum atomic E-state index is -0.312. The molecule has 26 heavy (non-hydrogen) atoms. The molecule has 1 aliphatic heterocycles. The number of likely N-dealkylation sites (tertiary alicyclic amines) is 1. The number of nitrogens with zero attached hydrogens (tertiary/aromatic N) is 4. The van der Waals surface area contributed by atoms with E-state index in [-0.39, 0.29) is 17.2 Å². The molecular formula is C20H24N4O2. The fourth-order valence-corrected chi connectivity index (χ4v) is 3.50. The van der Waals surface area contributed by atoms with E-state index < -0.39 is 0 Å². The minimum absolute atomic E-state index is 0.189. The molecule has 0 amide bonds. The van der Waals surface area contributed by atoms with Crippen LogP contribution in [0.4, 0.5) is 0 Å². The first kappa shape index (κ1) is 18.2. The van der Waals surface area contributed by atoms with Crippen LogP contribution < -0.4 is 10.3 Å². The third kappa shape index (κ3) is 3.49. The van der Waals surface area contributed by atoms with E-state index >= 15 is 0 Å². The van der Waals surface area contributed by atoms with Crippen molar-refractivity contribution in [2.45, 2.75) is 46.3 Å². The maximum Gasteiger partial charge on any atom is 0.286 e. The molecule has 136 valence electrons. The zero-order valence-electron chi connectivity index (χ0n) is 15.5. The summed E-state index contributed by atoms with van der Waals surface area (Å²) >= 11 is 0. The molecule has 1 atom stereocenters. The van der Waals surface area contributed by atoms with Gasteiger partial charge in [0.1, 0.15) is 17.4 Å². The number of rotatable bonds is 5. The van der Waals surface area contributed by atoms with Crippen molar-refractivity contribution in [2.75, 3.05) is 13.2 Å². The number of hydrogen-bond acceptors (Lipinski definition) is 5. The van der Waals surface area contributed by atoms with Crippen molar-refractivity contribution in [1.29, 1.82) is 5.26 Å². The van der Waals surface area contributed by atoms with Crippen LogP contribution >= 0.6 is 0 Å². The molecule has 1 aromatic carbocycles. The Morgan fingerprint density at radius 2 is 2.04 bits per heavy atom. The third-order valence-electron chi connectivity index (χ3n) is 5.00. The van der Waals surface area contributed by atoms with E-state index in [1.54, 1.807) is 6.92 Å². The van der Waals surface area contributed by atoms with Crippen LogP contribution in [-0.2, 0) is 6.67 Å². The Hall–Kier alpha value is -2.65. The average Bonchev–Trinajstić information content (AvgIpc) is 3.09. The Morgan fingerprint density at radius 3 is 2.69 bits per heavy atom. The number of hydrogen-bond donors (Lipinski definition) is 0. The number of benzene rings is 1. The van der Waals surface area contributed by atoms with E-state index in [4.69, 9.17) is 4.74 Å². The van der Waals surface area contributed by atoms with Crippen LogP contribution in [0.25, 0.3) is 0 Å². The number of aromatic nitrogens is 2. The van der Waals surface area contributed by atoms with Gasteiger partial charge in [-0.2, -0.15) is 10.4 Å². The maximum absolute atomic E-state index is 12.6. The fourth-order valence-electron chi connectivity index (χ4n) is 3.50. The van der Waals surface area contributed by atoms with Crippen LogP contribution in [0.5, 0.6) is 5.75 Å². The van der Waals surface area contributed by atoms with Crippen molar-refractivity contribution in [3.8, 4) is 11.8 Å². The average molecular weight is 352 g/mol. The number of ether oxygens (including phenoxy) is 1. The SMILES string of the molecule is CCOc1ccc([C@H]2CCCN2Cn2nc(C)c(C)c(C#N)c2=O)cc1. The molecule has 0 radical (unpaired) electrons. The molecule has 3 rings (SSSR count). The summed E-state index contributed by atoms with van der Waals surface area (Å²) in [5.74, 6) is 0.867. The molecule has 1 saturated heterocycles. The first-order valence-corrected chi connectivity index (χ1v) is 9.00. The molecule has 2 heterocycles. The van der Waals surface area contributed by atoms with Crippen molar-refractivity contribution in [3.63, 3.8) is 0 Å². The summed E-state index contributed by atoms with van der Waals surface area (Å²) in [5.41, 5.74) is 2.47. The normalized spacial score (nSPS) is 17.2. The molecule has 2 aromatic rings. The fraction of sp³-hybridized carbons (Fsp3) is 0.450. The molecule has 1 fully saturated rings. The Morgan fingerprint density at radius 1 is 1.31 bits per heavy atom. The second-order valence-electron chi connectivity index (χ2n) is 6.62. The van der Waals surface area contributed by atoms with Crippen molar-refractivity contribution in [3.05, 3.63) is 57.0 Å². The second kappa shape index (κ2) is 7.71. The molecule has 0 saturated carbocycles. The highest BCUT2D eigenvalue weighted by Crippen LogP contribution is 2.32. The molecule has 0 N–H and O–H groups in total. The molecule has 6 heteroatoms. The molecule has 0 bridgehead atoms. The molecular weight excluding hydrogens is 328 g/mol. The first-order valence-electron chi connectivity index (χ1n) is 9.00. The van der Waals surface area contributed by atoms with E-state index in [1.165, 1.54) is 10.2 Å². The van der Waals surface area contributed by atoms with E-state index in [0.717, 1.165) is 30.8 Å². The van der Waals surface area contributed by atoms with Crippen molar-refractivity contribution in [1.82, 2.24) is 14.7 Å². The van der Waals surface area contributed by atoms with Gasteiger partial charge in [-0.05, 0) is 56.9 Å². The number of aryl methyl sites for hydroxylation is 1. The highest BCUT2D eigenvalue weighted by molar-refractivity contribution is 5.36. The Labute approximate surface area is 153 Å². The van der Waals surface area contributed by atoms with Crippen LogP contribution in [0.15, 0.2) is 29.1 Å². The summed E-state index contributed by atoms with van der Waals surface area (Å²) in [6.07, 6.45) is 2.11. The quantitative estimate of drug-likeness (QED) is 0.827. The van der Waals surface area contributed by atoms with Crippen LogP contribution in [0.2, 0.25) is 0 Å². The van der Waals surface area contributed by atoms with Gasteiger partial charge in [0.15, 0.2) is 0 Å². The highest BCUT2D eigenvalue weighted by Gasteiger charge is 2.27. The van der Waals surface area contributed by atoms with Crippen molar-refractivity contribution in [2.24, 2.45) is 0 Å². The van der Waals surface area contributed by atoms with Crippen LogP contribution in [-0.4, -0.2) is 27.8 Å². The lowest BCUT2D eigenvalue weighted by Crippen LogP contribution is -2.35. The summed E-state index contributed by atoms with van der Waals surface area (Å²) in [6.45, 7) is 7.52. The van der Waals surface area contributed by atoms with E-state index in [9.17, 15) is 10.1 Å². The van der Waals surface area contributed by atoms with Crippen LogP contribution in [0, 0.1) is 25.2 Å². The van der Waals surface area contributed by atoms with Gasteiger partial charge in [-0.3, -0.25) is 9.69 Å². The van der Waals surface area contributed by atoms with Gasteiger partial charge >= 0.3 is 0 Å². The van der Waals surface area contributed by atoms with Crippen molar-refractivity contribution >= 4 is 0 Å².